The van der Waals surface area contributed by atoms with Crippen LogP contribution in [0.15, 0.2) is 0 Å². The lowest BCUT2D eigenvalue weighted by molar-refractivity contribution is -0.324. The van der Waals surface area contributed by atoms with Gasteiger partial charge >= 0.3 is 0 Å². The van der Waals surface area contributed by atoms with Crippen molar-refractivity contribution < 1.29 is 25.2 Å². The molecule has 1 unspecified atom stereocenters. The van der Waals surface area contributed by atoms with Crippen LogP contribution >= 0.6 is 0 Å². The third kappa shape index (κ3) is 2.22. The van der Waals surface area contributed by atoms with Gasteiger partial charge in [-0.3, -0.25) is 0 Å². The van der Waals surface area contributed by atoms with Crippen molar-refractivity contribution in [1.82, 2.24) is 0 Å². The predicted octanol–water partition coefficient (Wildman–Crippen LogP) is -2.47. The van der Waals surface area contributed by atoms with E-state index in [1.807, 2.05) is 0 Å². The van der Waals surface area contributed by atoms with Gasteiger partial charge in [0.25, 0.3) is 0 Å². The van der Waals surface area contributed by atoms with E-state index in [2.05, 4.69) is 0 Å². The summed E-state index contributed by atoms with van der Waals surface area (Å²) in [6.07, 6.45) is -4.14. The van der Waals surface area contributed by atoms with Gasteiger partial charge in [-0.15, -0.1) is 0 Å². The Labute approximate surface area is 81.9 Å². The summed E-state index contributed by atoms with van der Waals surface area (Å²) in [7, 11) is 0. The Kier molecular flexibility index (Phi) is 3.46. The van der Waals surface area contributed by atoms with Gasteiger partial charge in [0.1, 0.15) is 18.3 Å². The number of aliphatic hydroxyl groups excluding tert-OH is 3. The summed E-state index contributed by atoms with van der Waals surface area (Å²) in [5, 5.41) is 37.7. The van der Waals surface area contributed by atoms with E-state index in [-0.39, 0.29) is 19.1 Å². The van der Waals surface area contributed by atoms with E-state index in [4.69, 9.17) is 15.6 Å². The summed E-state index contributed by atoms with van der Waals surface area (Å²) < 4.78 is 4.89. The quantitative estimate of drug-likeness (QED) is 0.342. The molecule has 0 aromatic rings. The highest BCUT2D eigenvalue weighted by Gasteiger charge is 2.48. The molecule has 6 N–H and O–H groups in total. The van der Waals surface area contributed by atoms with Crippen LogP contribution in [0.3, 0.4) is 0 Å². The smallest absolute Gasteiger partial charge is 0.196 e. The number of nitrogens with two attached hydrogens (primary N) is 1. The first-order valence-corrected chi connectivity index (χ1v) is 4.53. The minimum atomic E-state index is -1.87. The average Bonchev–Trinajstić information content (AvgIpc) is 2.08. The first-order valence-electron chi connectivity index (χ1n) is 4.53. The highest BCUT2D eigenvalue weighted by atomic mass is 16.6. The number of aliphatic hydroxyl groups is 4. The van der Waals surface area contributed by atoms with Crippen LogP contribution in [-0.4, -0.2) is 57.2 Å². The van der Waals surface area contributed by atoms with Crippen molar-refractivity contribution in [2.75, 3.05) is 6.61 Å². The van der Waals surface area contributed by atoms with Crippen LogP contribution in [0.5, 0.6) is 0 Å². The van der Waals surface area contributed by atoms with E-state index in [1.54, 1.807) is 6.92 Å². The van der Waals surface area contributed by atoms with Crippen LogP contribution in [0.25, 0.3) is 0 Å². The van der Waals surface area contributed by atoms with Crippen molar-refractivity contribution >= 4 is 0 Å². The van der Waals surface area contributed by atoms with Gasteiger partial charge in [-0.2, -0.15) is 0 Å². The van der Waals surface area contributed by atoms with Gasteiger partial charge in [0.15, 0.2) is 5.79 Å². The lowest BCUT2D eigenvalue weighted by atomic mass is 9.92. The van der Waals surface area contributed by atoms with E-state index in [0.717, 1.165) is 0 Å². The number of hydrogen-bond acceptors (Lipinski definition) is 6. The van der Waals surface area contributed by atoms with Gasteiger partial charge in [0, 0.05) is 12.5 Å². The van der Waals surface area contributed by atoms with Gasteiger partial charge in [0.05, 0.1) is 6.61 Å². The Bertz CT molecular complexity index is 200. The van der Waals surface area contributed by atoms with Crippen LogP contribution in [0, 0.1) is 0 Å². The molecule has 1 aliphatic heterocycles. The zero-order valence-electron chi connectivity index (χ0n) is 8.00. The third-order valence-corrected chi connectivity index (χ3v) is 2.30. The zero-order chi connectivity index (χ0) is 10.9. The molecule has 0 amide bonds. The molecular weight excluding hydrogens is 190 g/mol. The Morgan fingerprint density at radius 3 is 2.57 bits per heavy atom. The summed E-state index contributed by atoms with van der Waals surface area (Å²) in [6, 6.07) is -0.378. The molecule has 0 aromatic heterocycles. The number of ether oxygens (including phenoxy) is 1. The van der Waals surface area contributed by atoms with E-state index in [9.17, 15) is 15.3 Å². The van der Waals surface area contributed by atoms with E-state index < -0.39 is 24.1 Å². The molecule has 0 radical (unpaired) electrons. The highest BCUT2D eigenvalue weighted by molar-refractivity contribution is 4.92. The maximum atomic E-state index is 9.78. The van der Waals surface area contributed by atoms with E-state index >= 15 is 0 Å². The number of rotatable bonds is 2. The second-order valence-corrected chi connectivity index (χ2v) is 3.84. The summed E-state index contributed by atoms with van der Waals surface area (Å²) >= 11 is 0. The van der Waals surface area contributed by atoms with Gasteiger partial charge in [0.2, 0.25) is 0 Å². The Morgan fingerprint density at radius 1 is 1.50 bits per heavy atom. The van der Waals surface area contributed by atoms with Crippen LogP contribution < -0.4 is 5.73 Å². The molecule has 6 nitrogen and oxygen atoms in total. The Hall–Kier alpha value is -0.240. The van der Waals surface area contributed by atoms with Gasteiger partial charge < -0.3 is 30.9 Å². The molecule has 1 aliphatic rings. The summed E-state index contributed by atoms with van der Waals surface area (Å²) in [6.45, 7) is 1.42. The summed E-state index contributed by atoms with van der Waals surface area (Å²) in [5.41, 5.74) is 5.46. The fourth-order valence-electron chi connectivity index (χ4n) is 1.53. The molecule has 0 aromatic carbocycles. The molecule has 1 saturated heterocycles. The van der Waals surface area contributed by atoms with Gasteiger partial charge in [-0.1, -0.05) is 0 Å². The zero-order valence-corrected chi connectivity index (χ0v) is 8.00. The molecule has 0 saturated carbocycles. The molecule has 0 aliphatic carbocycles. The van der Waals surface area contributed by atoms with Crippen molar-refractivity contribution in [2.45, 2.75) is 43.5 Å². The fraction of sp³-hybridized carbons (Fsp3) is 1.00. The van der Waals surface area contributed by atoms with E-state index in [0.29, 0.717) is 0 Å². The maximum absolute atomic E-state index is 9.78. The molecule has 0 bridgehead atoms. The molecule has 1 rings (SSSR count). The van der Waals surface area contributed by atoms with Gasteiger partial charge in [-0.25, -0.2) is 0 Å². The predicted molar refractivity (Wildman–Crippen MR) is 47.2 cm³/mol. The maximum Gasteiger partial charge on any atom is 0.196 e. The molecule has 1 heterocycles. The summed E-state index contributed by atoms with van der Waals surface area (Å²) in [5.74, 6) is -1.87. The average molecular weight is 207 g/mol. The van der Waals surface area contributed by atoms with Crippen LogP contribution in [-0.2, 0) is 4.74 Å². The van der Waals surface area contributed by atoms with Crippen LogP contribution in [0.4, 0.5) is 0 Å². The third-order valence-electron chi connectivity index (χ3n) is 2.30. The van der Waals surface area contributed by atoms with Gasteiger partial charge in [-0.05, 0) is 6.92 Å². The normalized spacial score (nSPS) is 46.3. The monoisotopic (exact) mass is 207 g/mol. The lowest BCUT2D eigenvalue weighted by Crippen LogP contribution is -2.62. The van der Waals surface area contributed by atoms with Crippen molar-refractivity contribution in [3.05, 3.63) is 0 Å². The molecule has 1 fully saturated rings. The topological polar surface area (TPSA) is 116 Å². The molecule has 5 atom stereocenters. The van der Waals surface area contributed by atoms with Crippen molar-refractivity contribution in [3.8, 4) is 0 Å². The molecular formula is C8H17NO5. The highest BCUT2D eigenvalue weighted by Crippen LogP contribution is 2.27. The lowest BCUT2D eigenvalue weighted by Gasteiger charge is -2.42. The van der Waals surface area contributed by atoms with Crippen molar-refractivity contribution in [2.24, 2.45) is 5.73 Å². The SMILES string of the molecule is CC(N)C[C@@]1(O)OC[C@@H](O)[C@H](O)[C@H]1O. The second kappa shape index (κ2) is 4.09. The van der Waals surface area contributed by atoms with Crippen LogP contribution in [0.2, 0.25) is 0 Å². The first-order chi connectivity index (χ1) is 6.37. The van der Waals surface area contributed by atoms with Crippen molar-refractivity contribution in [3.63, 3.8) is 0 Å². The Morgan fingerprint density at radius 2 is 2.07 bits per heavy atom. The fourth-order valence-corrected chi connectivity index (χ4v) is 1.53. The first kappa shape index (κ1) is 11.8. The second-order valence-electron chi connectivity index (χ2n) is 3.84. The minimum Gasteiger partial charge on any atom is -0.388 e. The van der Waals surface area contributed by atoms with E-state index in [1.165, 1.54) is 0 Å². The molecule has 0 spiro atoms. The number of hydrogen-bond donors (Lipinski definition) is 5. The largest absolute Gasteiger partial charge is 0.388 e. The Balaban J connectivity index is 2.69. The standard InChI is InChI=1S/C8H17NO5/c1-4(9)2-8(13)7(12)6(11)5(10)3-14-8/h4-7,10-13H,2-3,9H2,1H3/t4?,5-,6+,7-,8-/m1/s1. The van der Waals surface area contributed by atoms with Crippen LogP contribution in [0.1, 0.15) is 13.3 Å². The minimum absolute atomic E-state index is 0.00204. The molecule has 6 heteroatoms. The molecule has 84 valence electrons. The molecule has 14 heavy (non-hydrogen) atoms. The summed E-state index contributed by atoms with van der Waals surface area (Å²) in [4.78, 5) is 0. The van der Waals surface area contributed by atoms with Crippen molar-refractivity contribution in [1.29, 1.82) is 0 Å².